The molecule has 0 saturated carbocycles. The Morgan fingerprint density at radius 1 is 1.12 bits per heavy atom. The molecule has 1 aliphatic rings. The Morgan fingerprint density at radius 2 is 1.85 bits per heavy atom. The van der Waals surface area contributed by atoms with E-state index in [4.69, 9.17) is 0 Å². The van der Waals surface area contributed by atoms with Crippen molar-refractivity contribution in [3.8, 4) is 0 Å². The molecule has 1 fully saturated rings. The van der Waals surface area contributed by atoms with Gasteiger partial charge in [-0.25, -0.2) is 4.99 Å². The first kappa shape index (κ1) is 27.4. The number of benzene rings is 1. The summed E-state index contributed by atoms with van der Waals surface area (Å²) in [5, 5.41) is 21.5. The van der Waals surface area contributed by atoms with E-state index in [1.807, 2.05) is 20.2 Å². The number of guanidine groups is 1. The van der Waals surface area contributed by atoms with Crippen LogP contribution < -0.4 is 15.5 Å². The molecule has 3 rings (SSSR count). The van der Waals surface area contributed by atoms with E-state index >= 15 is 0 Å². The van der Waals surface area contributed by atoms with E-state index in [2.05, 4.69) is 60.9 Å². The number of nitrogens with one attached hydrogen (secondary N) is 2. The number of unbranched alkanes of at least 4 members (excludes halogenated alkanes) is 1. The Kier molecular flexibility index (Phi) is 11.4. The maximum atomic E-state index is 10.7. The molecule has 1 unspecified atom stereocenters. The Hall–Kier alpha value is -1.85. The summed E-state index contributed by atoms with van der Waals surface area (Å²) in [7, 11) is 1.84. The summed E-state index contributed by atoms with van der Waals surface area (Å²) < 4.78 is 1.69. The minimum absolute atomic E-state index is 0. The summed E-state index contributed by atoms with van der Waals surface area (Å²) in [5.74, 6) is 0.744. The highest BCUT2D eigenvalue weighted by atomic mass is 127. The minimum Gasteiger partial charge on any atom is -0.383 e. The third kappa shape index (κ3) is 8.78. The van der Waals surface area contributed by atoms with Gasteiger partial charge in [-0.3, -0.25) is 9.58 Å². The highest BCUT2D eigenvalue weighted by Crippen LogP contribution is 2.20. The van der Waals surface area contributed by atoms with Gasteiger partial charge in [-0.05, 0) is 45.4 Å². The van der Waals surface area contributed by atoms with Crippen molar-refractivity contribution < 1.29 is 5.11 Å². The van der Waals surface area contributed by atoms with Crippen molar-refractivity contribution in [2.75, 3.05) is 57.3 Å². The van der Waals surface area contributed by atoms with Gasteiger partial charge in [0.1, 0.15) is 5.60 Å². The van der Waals surface area contributed by atoms with Gasteiger partial charge < -0.3 is 20.6 Å². The highest BCUT2D eigenvalue weighted by Gasteiger charge is 2.24. The molecule has 9 heteroatoms. The number of rotatable bonds is 10. The van der Waals surface area contributed by atoms with Gasteiger partial charge >= 0.3 is 0 Å². The van der Waals surface area contributed by atoms with Gasteiger partial charge in [0.25, 0.3) is 0 Å². The number of nitrogens with zero attached hydrogens (tertiary/aromatic N) is 5. The Morgan fingerprint density at radius 3 is 2.48 bits per heavy atom. The van der Waals surface area contributed by atoms with Crippen molar-refractivity contribution in [3.05, 3.63) is 48.3 Å². The van der Waals surface area contributed by atoms with Gasteiger partial charge in [0.05, 0.1) is 12.7 Å². The average Bonchev–Trinajstić information content (AvgIpc) is 3.25. The molecule has 33 heavy (non-hydrogen) atoms. The van der Waals surface area contributed by atoms with E-state index < -0.39 is 5.60 Å². The summed E-state index contributed by atoms with van der Waals surface area (Å²) in [4.78, 5) is 9.62. The quantitative estimate of drug-likeness (QED) is 0.177. The predicted octanol–water partition coefficient (Wildman–Crippen LogP) is 2.40. The molecule has 0 amide bonds. The number of anilines is 1. The zero-order valence-corrected chi connectivity index (χ0v) is 22.5. The maximum absolute atomic E-state index is 10.7. The van der Waals surface area contributed by atoms with Crippen LogP contribution >= 0.6 is 24.0 Å². The van der Waals surface area contributed by atoms with Crippen LogP contribution in [0.5, 0.6) is 0 Å². The van der Waals surface area contributed by atoms with Crippen LogP contribution in [0.25, 0.3) is 0 Å². The highest BCUT2D eigenvalue weighted by molar-refractivity contribution is 14.0. The summed E-state index contributed by atoms with van der Waals surface area (Å²) in [6.45, 7) is 11.3. The molecule has 1 atom stereocenters. The van der Waals surface area contributed by atoms with Crippen LogP contribution in [-0.4, -0.2) is 78.1 Å². The molecule has 0 bridgehead atoms. The molecule has 2 aromatic rings. The van der Waals surface area contributed by atoms with E-state index in [0.29, 0.717) is 0 Å². The van der Waals surface area contributed by atoms with Crippen LogP contribution in [0.4, 0.5) is 5.69 Å². The largest absolute Gasteiger partial charge is 0.383 e. The number of halogens is 1. The monoisotopic (exact) mass is 569 g/mol. The minimum atomic E-state index is -1.04. The molecule has 0 aliphatic carbocycles. The fraction of sp³-hybridized carbons (Fsp3) is 0.583. The van der Waals surface area contributed by atoms with Crippen LogP contribution in [0, 0.1) is 0 Å². The van der Waals surface area contributed by atoms with Gasteiger partial charge in [-0.2, -0.15) is 5.10 Å². The number of aromatic nitrogens is 2. The number of aliphatic imine (C=N–C) groups is 1. The third-order valence-electron chi connectivity index (χ3n) is 5.90. The van der Waals surface area contributed by atoms with Crippen LogP contribution in [0.1, 0.15) is 32.3 Å². The van der Waals surface area contributed by atoms with Crippen LogP contribution in [0.3, 0.4) is 0 Å². The van der Waals surface area contributed by atoms with Gasteiger partial charge in [0.2, 0.25) is 0 Å². The van der Waals surface area contributed by atoms with Crippen LogP contribution in [0.15, 0.2) is 47.7 Å². The van der Waals surface area contributed by atoms with Gasteiger partial charge in [0.15, 0.2) is 5.96 Å². The zero-order chi connectivity index (χ0) is 22.8. The summed E-state index contributed by atoms with van der Waals surface area (Å²) >= 11 is 0. The second-order valence-corrected chi connectivity index (χ2v) is 8.67. The van der Waals surface area contributed by atoms with Crippen molar-refractivity contribution in [2.24, 2.45) is 12.0 Å². The normalized spacial score (nSPS) is 16.7. The Balaban J connectivity index is 0.00000385. The maximum Gasteiger partial charge on any atom is 0.191 e. The summed E-state index contributed by atoms with van der Waals surface area (Å²) in [6.07, 6.45) is 5.76. The molecule has 3 N–H and O–H groups in total. The SMILES string of the molecule is CCNC(=NCC(C)(O)c1cnn(C)c1)NCCCCN1CCN(c2ccccc2)CC1.I. The first-order valence-corrected chi connectivity index (χ1v) is 11.7. The lowest BCUT2D eigenvalue weighted by Crippen LogP contribution is -2.46. The molecular weight excluding hydrogens is 529 g/mol. The van der Waals surface area contributed by atoms with Crippen LogP contribution in [-0.2, 0) is 12.6 Å². The van der Waals surface area contributed by atoms with Crippen molar-refractivity contribution >= 4 is 35.6 Å². The lowest BCUT2D eigenvalue weighted by atomic mass is 10.0. The molecule has 0 spiro atoms. The first-order valence-electron chi connectivity index (χ1n) is 11.7. The van der Waals surface area contributed by atoms with Crippen molar-refractivity contribution in [1.82, 2.24) is 25.3 Å². The van der Waals surface area contributed by atoms with Gasteiger partial charge in [-0.15, -0.1) is 24.0 Å². The average molecular weight is 570 g/mol. The number of hydrogen-bond donors (Lipinski definition) is 3. The van der Waals surface area contributed by atoms with Gasteiger partial charge in [-0.1, -0.05) is 18.2 Å². The van der Waals surface area contributed by atoms with Crippen molar-refractivity contribution in [2.45, 2.75) is 32.3 Å². The number of aryl methyl sites for hydroxylation is 1. The molecule has 1 aromatic heterocycles. The molecular formula is C24H40IN7O. The lowest BCUT2D eigenvalue weighted by Gasteiger charge is -2.36. The van der Waals surface area contributed by atoms with Crippen LogP contribution in [0.2, 0.25) is 0 Å². The molecule has 1 aliphatic heterocycles. The first-order chi connectivity index (χ1) is 15.5. The second-order valence-electron chi connectivity index (χ2n) is 8.67. The molecule has 0 radical (unpaired) electrons. The summed E-state index contributed by atoms with van der Waals surface area (Å²) in [5.41, 5.74) is 1.06. The molecule has 8 nitrogen and oxygen atoms in total. The van der Waals surface area contributed by atoms with E-state index in [1.165, 1.54) is 5.69 Å². The lowest BCUT2D eigenvalue weighted by molar-refractivity contribution is 0.0672. The Bertz CT molecular complexity index is 832. The fourth-order valence-corrected chi connectivity index (χ4v) is 3.90. The zero-order valence-electron chi connectivity index (χ0n) is 20.2. The smallest absolute Gasteiger partial charge is 0.191 e. The van der Waals surface area contributed by atoms with Gasteiger partial charge in [0, 0.05) is 63.8 Å². The second kappa shape index (κ2) is 13.8. The van der Waals surface area contributed by atoms with E-state index in [1.54, 1.807) is 17.8 Å². The summed E-state index contributed by atoms with van der Waals surface area (Å²) in [6, 6.07) is 10.7. The molecule has 184 valence electrons. The number of hydrogen-bond acceptors (Lipinski definition) is 5. The Labute approximate surface area is 215 Å². The molecule has 2 heterocycles. The molecule has 1 saturated heterocycles. The van der Waals surface area contributed by atoms with Crippen molar-refractivity contribution in [1.29, 1.82) is 0 Å². The number of piperazine rings is 1. The topological polar surface area (TPSA) is 80.9 Å². The van der Waals surface area contributed by atoms with Crippen molar-refractivity contribution in [3.63, 3.8) is 0 Å². The van der Waals surface area contributed by atoms with E-state index in [-0.39, 0.29) is 30.5 Å². The predicted molar refractivity (Wildman–Crippen MR) is 147 cm³/mol. The third-order valence-corrected chi connectivity index (χ3v) is 5.90. The standard InChI is InChI=1S/C24H39N7O.HI/c1-4-25-23(27-20-24(2,32)21-18-28-29(3)19-21)26-12-8-9-13-30-14-16-31(17-15-30)22-10-6-5-7-11-22;/h5-7,10-11,18-19,32H,4,8-9,12-17,20H2,1-3H3,(H2,25,26,27);1H. The molecule has 1 aromatic carbocycles. The number of para-hydroxylation sites is 1. The van der Waals surface area contributed by atoms with E-state index in [0.717, 1.165) is 70.2 Å². The fourth-order valence-electron chi connectivity index (χ4n) is 3.90. The number of aliphatic hydroxyl groups is 1. The van der Waals surface area contributed by atoms with E-state index in [9.17, 15) is 5.11 Å².